The minimum absolute atomic E-state index is 0.0707. The third-order valence-electron chi connectivity index (χ3n) is 3.64. The first-order valence-electron chi connectivity index (χ1n) is 7.24. The van der Waals surface area contributed by atoms with E-state index in [1.54, 1.807) is 0 Å². The van der Waals surface area contributed by atoms with Crippen molar-refractivity contribution in [3.05, 3.63) is 10.4 Å². The average Bonchev–Trinajstić information content (AvgIpc) is 2.76. The molecule has 1 aliphatic heterocycles. The molecule has 0 bridgehead atoms. The van der Waals surface area contributed by atoms with E-state index in [0.717, 1.165) is 37.7 Å². The molecule has 114 valence electrons. The molecule has 0 saturated carbocycles. The SMILES string of the molecule is CC(=O)c1sc(N2CCN(CC(C)C)CC2)c(C#N)c1N. The summed E-state index contributed by atoms with van der Waals surface area (Å²) in [5.41, 5.74) is 6.75. The first-order valence-corrected chi connectivity index (χ1v) is 8.06. The molecular formula is C15H22N4OS. The summed E-state index contributed by atoms with van der Waals surface area (Å²) in [6.45, 7) is 10.8. The number of thiophene rings is 1. The molecule has 1 fully saturated rings. The molecule has 2 heterocycles. The topological polar surface area (TPSA) is 73.4 Å². The van der Waals surface area contributed by atoms with Crippen molar-refractivity contribution in [3.8, 4) is 6.07 Å². The second-order valence-electron chi connectivity index (χ2n) is 5.87. The number of rotatable bonds is 4. The lowest BCUT2D eigenvalue weighted by Crippen LogP contribution is -2.47. The lowest BCUT2D eigenvalue weighted by molar-refractivity contribution is 0.102. The Balaban J connectivity index is 2.15. The first kappa shape index (κ1) is 15.8. The van der Waals surface area contributed by atoms with Crippen LogP contribution in [0.3, 0.4) is 0 Å². The average molecular weight is 306 g/mol. The van der Waals surface area contributed by atoms with Crippen LogP contribution in [0, 0.1) is 17.2 Å². The minimum atomic E-state index is -0.0707. The number of nitrogens with zero attached hydrogens (tertiary/aromatic N) is 3. The van der Waals surface area contributed by atoms with Crippen LogP contribution in [0.1, 0.15) is 36.0 Å². The summed E-state index contributed by atoms with van der Waals surface area (Å²) in [4.78, 5) is 16.7. The molecule has 1 saturated heterocycles. The second-order valence-corrected chi connectivity index (χ2v) is 6.87. The molecule has 0 aromatic carbocycles. The molecule has 0 radical (unpaired) electrons. The number of Topliss-reactive ketones (excluding diaryl/α,β-unsaturated/α-hetero) is 1. The normalized spacial score (nSPS) is 16.2. The quantitative estimate of drug-likeness (QED) is 0.863. The highest BCUT2D eigenvalue weighted by Crippen LogP contribution is 2.38. The zero-order valence-electron chi connectivity index (χ0n) is 12.8. The van der Waals surface area contributed by atoms with Gasteiger partial charge in [0.1, 0.15) is 16.6 Å². The summed E-state index contributed by atoms with van der Waals surface area (Å²) in [5, 5.41) is 10.2. The molecule has 0 amide bonds. The van der Waals surface area contributed by atoms with Crippen LogP contribution < -0.4 is 10.6 Å². The number of carbonyl (C=O) groups excluding carboxylic acids is 1. The van der Waals surface area contributed by atoms with E-state index in [2.05, 4.69) is 29.7 Å². The van der Waals surface area contributed by atoms with Crippen LogP contribution in [-0.2, 0) is 0 Å². The van der Waals surface area contributed by atoms with Crippen LogP contribution in [0.4, 0.5) is 10.7 Å². The Morgan fingerprint density at radius 1 is 1.38 bits per heavy atom. The monoisotopic (exact) mass is 306 g/mol. The van der Waals surface area contributed by atoms with Gasteiger partial charge < -0.3 is 10.6 Å². The van der Waals surface area contributed by atoms with Crippen molar-refractivity contribution in [2.24, 2.45) is 5.92 Å². The van der Waals surface area contributed by atoms with Crippen molar-refractivity contribution in [1.82, 2.24) is 4.90 Å². The van der Waals surface area contributed by atoms with E-state index < -0.39 is 0 Å². The van der Waals surface area contributed by atoms with Crippen LogP contribution in [-0.4, -0.2) is 43.4 Å². The molecule has 2 rings (SSSR count). The van der Waals surface area contributed by atoms with Gasteiger partial charge in [-0.2, -0.15) is 5.26 Å². The number of anilines is 2. The lowest BCUT2D eigenvalue weighted by Gasteiger charge is -2.36. The Kier molecular flexibility index (Phi) is 4.86. The predicted molar refractivity (Wildman–Crippen MR) is 86.9 cm³/mol. The maximum atomic E-state index is 11.6. The summed E-state index contributed by atoms with van der Waals surface area (Å²) in [6.07, 6.45) is 0. The molecule has 0 atom stereocenters. The number of ketones is 1. The Morgan fingerprint density at radius 2 is 2.00 bits per heavy atom. The van der Waals surface area contributed by atoms with Crippen molar-refractivity contribution < 1.29 is 4.79 Å². The third-order valence-corrected chi connectivity index (χ3v) is 5.01. The zero-order valence-corrected chi connectivity index (χ0v) is 13.7. The van der Waals surface area contributed by atoms with E-state index in [9.17, 15) is 10.1 Å². The molecular weight excluding hydrogens is 284 g/mol. The third kappa shape index (κ3) is 3.36. The van der Waals surface area contributed by atoms with E-state index in [1.165, 1.54) is 18.3 Å². The van der Waals surface area contributed by atoms with Gasteiger partial charge in [-0.15, -0.1) is 11.3 Å². The lowest BCUT2D eigenvalue weighted by atomic mass is 10.2. The van der Waals surface area contributed by atoms with Crippen molar-refractivity contribution >= 4 is 27.8 Å². The van der Waals surface area contributed by atoms with Crippen LogP contribution in [0.15, 0.2) is 0 Å². The summed E-state index contributed by atoms with van der Waals surface area (Å²) < 4.78 is 0. The van der Waals surface area contributed by atoms with Gasteiger partial charge in [0.15, 0.2) is 5.78 Å². The molecule has 21 heavy (non-hydrogen) atoms. The van der Waals surface area contributed by atoms with Crippen molar-refractivity contribution in [2.75, 3.05) is 43.4 Å². The molecule has 1 aromatic rings. The maximum absolute atomic E-state index is 11.6. The maximum Gasteiger partial charge on any atom is 0.171 e. The van der Waals surface area contributed by atoms with Gasteiger partial charge in [0.05, 0.1) is 10.6 Å². The second kappa shape index (κ2) is 6.46. The van der Waals surface area contributed by atoms with Gasteiger partial charge in [0, 0.05) is 39.6 Å². The summed E-state index contributed by atoms with van der Waals surface area (Å²) in [7, 11) is 0. The Labute approximate surface area is 129 Å². The van der Waals surface area contributed by atoms with E-state index in [4.69, 9.17) is 5.73 Å². The number of nitrogen functional groups attached to an aromatic ring is 1. The van der Waals surface area contributed by atoms with Crippen molar-refractivity contribution in [3.63, 3.8) is 0 Å². The number of nitrogens with two attached hydrogens (primary N) is 1. The van der Waals surface area contributed by atoms with Crippen LogP contribution >= 0.6 is 11.3 Å². The fourth-order valence-electron chi connectivity index (χ4n) is 2.67. The number of hydrogen-bond acceptors (Lipinski definition) is 6. The standard InChI is InChI=1S/C15H22N4OS/c1-10(2)9-18-4-6-19(7-5-18)15-12(8-16)13(17)14(21-15)11(3)20/h10H,4-7,9,17H2,1-3H3. The van der Waals surface area contributed by atoms with Crippen LogP contribution in [0.2, 0.25) is 0 Å². The largest absolute Gasteiger partial charge is 0.396 e. The van der Waals surface area contributed by atoms with E-state index in [-0.39, 0.29) is 5.78 Å². The Bertz CT molecular complexity index is 565. The Hall–Kier alpha value is -1.58. The highest BCUT2D eigenvalue weighted by Gasteiger charge is 2.25. The van der Waals surface area contributed by atoms with Crippen LogP contribution in [0.5, 0.6) is 0 Å². The smallest absolute Gasteiger partial charge is 0.171 e. The fraction of sp³-hybridized carbons (Fsp3) is 0.600. The summed E-state index contributed by atoms with van der Waals surface area (Å²) in [5.74, 6) is 0.589. The van der Waals surface area contributed by atoms with Gasteiger partial charge in [-0.3, -0.25) is 9.69 Å². The van der Waals surface area contributed by atoms with E-state index in [0.29, 0.717) is 22.0 Å². The van der Waals surface area contributed by atoms with Gasteiger partial charge in [0.25, 0.3) is 0 Å². The molecule has 5 nitrogen and oxygen atoms in total. The molecule has 2 N–H and O–H groups in total. The van der Waals surface area contributed by atoms with E-state index >= 15 is 0 Å². The number of hydrogen-bond donors (Lipinski definition) is 1. The first-order chi connectivity index (χ1) is 9.93. The number of carbonyl (C=O) groups is 1. The summed E-state index contributed by atoms with van der Waals surface area (Å²) in [6, 6.07) is 2.16. The summed E-state index contributed by atoms with van der Waals surface area (Å²) >= 11 is 1.35. The highest BCUT2D eigenvalue weighted by molar-refractivity contribution is 7.19. The van der Waals surface area contributed by atoms with Gasteiger partial charge in [0.2, 0.25) is 0 Å². The van der Waals surface area contributed by atoms with E-state index in [1.807, 2.05) is 0 Å². The zero-order chi connectivity index (χ0) is 15.6. The van der Waals surface area contributed by atoms with Gasteiger partial charge in [-0.05, 0) is 5.92 Å². The molecule has 1 aliphatic rings. The Morgan fingerprint density at radius 3 is 2.48 bits per heavy atom. The molecule has 6 heteroatoms. The van der Waals surface area contributed by atoms with Gasteiger partial charge in [-0.25, -0.2) is 0 Å². The minimum Gasteiger partial charge on any atom is -0.396 e. The highest BCUT2D eigenvalue weighted by atomic mass is 32.1. The van der Waals surface area contributed by atoms with Crippen molar-refractivity contribution in [1.29, 1.82) is 5.26 Å². The predicted octanol–water partition coefficient (Wildman–Crippen LogP) is 2.18. The fourth-order valence-corrected chi connectivity index (χ4v) is 3.79. The molecule has 0 spiro atoms. The van der Waals surface area contributed by atoms with Gasteiger partial charge in [-0.1, -0.05) is 13.8 Å². The van der Waals surface area contributed by atoms with Gasteiger partial charge >= 0.3 is 0 Å². The molecule has 0 unspecified atom stereocenters. The molecule has 0 aliphatic carbocycles. The van der Waals surface area contributed by atoms with Crippen LogP contribution in [0.25, 0.3) is 0 Å². The molecule has 1 aromatic heterocycles. The number of nitriles is 1. The van der Waals surface area contributed by atoms with Crippen molar-refractivity contribution in [2.45, 2.75) is 20.8 Å². The number of piperazine rings is 1.